The first-order chi connectivity index (χ1) is 11.5. The molecule has 0 saturated heterocycles. The van der Waals surface area contributed by atoms with Crippen molar-refractivity contribution in [2.45, 2.75) is 57.9 Å². The van der Waals surface area contributed by atoms with Crippen LogP contribution >= 0.6 is 11.3 Å². The summed E-state index contributed by atoms with van der Waals surface area (Å²) in [5.41, 5.74) is 0. The Labute approximate surface area is 148 Å². The van der Waals surface area contributed by atoms with E-state index < -0.39 is 0 Å². The van der Waals surface area contributed by atoms with Gasteiger partial charge in [0.25, 0.3) is 0 Å². The van der Waals surface area contributed by atoms with E-state index in [1.165, 1.54) is 43.4 Å². The van der Waals surface area contributed by atoms with Crippen LogP contribution in [0.4, 0.5) is 0 Å². The van der Waals surface area contributed by atoms with E-state index in [1.807, 2.05) is 31.0 Å². The lowest BCUT2D eigenvalue weighted by atomic mass is 9.54. The average Bonchev–Trinajstić information content (AvgIpc) is 2.97. The zero-order valence-electron chi connectivity index (χ0n) is 14.7. The summed E-state index contributed by atoms with van der Waals surface area (Å²) in [7, 11) is 1.98. The van der Waals surface area contributed by atoms with Crippen molar-refractivity contribution in [3.8, 4) is 0 Å². The molecule has 1 aromatic rings. The second-order valence-electron chi connectivity index (χ2n) is 8.26. The van der Waals surface area contributed by atoms with Crippen LogP contribution in [0.25, 0.3) is 0 Å². The number of hydrogen-bond donors (Lipinski definition) is 0. The first kappa shape index (κ1) is 16.3. The van der Waals surface area contributed by atoms with E-state index in [1.54, 1.807) is 0 Å². The number of Topliss-reactive ketones (excluding diaryl/α,β-unsaturated/α-hetero) is 1. The van der Waals surface area contributed by atoms with Crippen LogP contribution in [-0.4, -0.2) is 29.7 Å². The van der Waals surface area contributed by atoms with Gasteiger partial charge in [0.1, 0.15) is 0 Å². The van der Waals surface area contributed by atoms with Crippen molar-refractivity contribution in [1.29, 1.82) is 0 Å². The van der Waals surface area contributed by atoms with Gasteiger partial charge in [-0.3, -0.25) is 9.59 Å². The number of nitrogens with zero attached hydrogens (tertiary/aromatic N) is 1. The summed E-state index contributed by atoms with van der Waals surface area (Å²) in [6.45, 7) is 2.01. The monoisotopic (exact) mass is 345 g/mol. The summed E-state index contributed by atoms with van der Waals surface area (Å²) in [6.07, 6.45) is 7.42. The Kier molecular flexibility index (Phi) is 4.27. The predicted octanol–water partition coefficient (Wildman–Crippen LogP) is 4.30. The van der Waals surface area contributed by atoms with Gasteiger partial charge < -0.3 is 4.90 Å². The van der Waals surface area contributed by atoms with E-state index >= 15 is 0 Å². The molecule has 0 aliphatic heterocycles. The van der Waals surface area contributed by atoms with E-state index in [0.717, 1.165) is 21.6 Å². The van der Waals surface area contributed by atoms with Crippen LogP contribution in [0.5, 0.6) is 0 Å². The molecule has 3 nitrogen and oxygen atoms in total. The van der Waals surface area contributed by atoms with Crippen molar-refractivity contribution in [3.63, 3.8) is 0 Å². The number of carbonyl (C=O) groups excluding carboxylic acids is 2. The van der Waals surface area contributed by atoms with Gasteiger partial charge >= 0.3 is 0 Å². The van der Waals surface area contributed by atoms with Gasteiger partial charge in [0.2, 0.25) is 5.91 Å². The highest BCUT2D eigenvalue weighted by Crippen LogP contribution is 2.55. The summed E-state index contributed by atoms with van der Waals surface area (Å²) in [4.78, 5) is 28.9. The van der Waals surface area contributed by atoms with Crippen LogP contribution in [0, 0.1) is 30.6 Å². The Bertz CT molecular complexity index is 622. The maximum absolute atomic E-state index is 12.7. The third-order valence-electron chi connectivity index (χ3n) is 6.60. The highest BCUT2D eigenvalue weighted by molar-refractivity contribution is 7.14. The molecule has 1 heterocycles. The van der Waals surface area contributed by atoms with Crippen LogP contribution in [0.1, 0.15) is 59.5 Å². The number of ketones is 1. The zero-order chi connectivity index (χ0) is 16.8. The van der Waals surface area contributed by atoms with Gasteiger partial charge in [-0.05, 0) is 74.8 Å². The van der Waals surface area contributed by atoms with E-state index in [2.05, 4.69) is 0 Å². The van der Waals surface area contributed by atoms with Crippen molar-refractivity contribution in [3.05, 3.63) is 21.9 Å². The van der Waals surface area contributed by atoms with Gasteiger partial charge in [-0.15, -0.1) is 11.3 Å². The molecular weight excluding hydrogens is 318 g/mol. The molecule has 4 aliphatic rings. The number of carbonyl (C=O) groups is 2. The van der Waals surface area contributed by atoms with Gasteiger partial charge in [-0.25, -0.2) is 0 Å². The van der Waals surface area contributed by atoms with E-state index in [9.17, 15) is 9.59 Å². The number of thiophene rings is 1. The fraction of sp³-hybridized carbons (Fsp3) is 0.700. The topological polar surface area (TPSA) is 37.4 Å². The largest absolute Gasteiger partial charge is 0.342 e. The highest BCUT2D eigenvalue weighted by atomic mass is 32.1. The maximum Gasteiger partial charge on any atom is 0.223 e. The van der Waals surface area contributed by atoms with Gasteiger partial charge in [0, 0.05) is 30.8 Å². The summed E-state index contributed by atoms with van der Waals surface area (Å²) in [5, 5.41) is 0. The number of hydrogen-bond acceptors (Lipinski definition) is 3. The van der Waals surface area contributed by atoms with E-state index in [-0.39, 0.29) is 11.7 Å². The molecular formula is C20H27NO2S. The molecule has 0 aromatic carbocycles. The minimum absolute atomic E-state index is 0.111. The van der Waals surface area contributed by atoms with Crippen molar-refractivity contribution < 1.29 is 9.59 Å². The lowest BCUT2D eigenvalue weighted by Gasteiger charge is -2.56. The Morgan fingerprint density at radius 1 is 1.04 bits per heavy atom. The summed E-state index contributed by atoms with van der Waals surface area (Å²) in [5.74, 6) is 3.55. The number of amides is 1. The predicted molar refractivity (Wildman–Crippen MR) is 96.2 cm³/mol. The molecule has 0 spiro atoms. The van der Waals surface area contributed by atoms with Crippen LogP contribution in [-0.2, 0) is 4.79 Å². The Morgan fingerprint density at radius 3 is 2.21 bits per heavy atom. The molecule has 1 amide bonds. The molecule has 4 aliphatic carbocycles. The highest BCUT2D eigenvalue weighted by Gasteiger charge is 2.50. The average molecular weight is 346 g/mol. The molecule has 4 saturated carbocycles. The fourth-order valence-electron chi connectivity index (χ4n) is 5.80. The lowest BCUT2D eigenvalue weighted by Crippen LogP contribution is -2.56. The molecule has 5 rings (SSSR count). The minimum Gasteiger partial charge on any atom is -0.342 e. The van der Waals surface area contributed by atoms with E-state index in [4.69, 9.17) is 0 Å². The minimum atomic E-state index is 0.111. The number of aryl methyl sites for hydroxylation is 1. The molecule has 0 N–H and O–H groups in total. The van der Waals surface area contributed by atoms with Crippen LogP contribution in [0.2, 0.25) is 0 Å². The maximum atomic E-state index is 12.7. The summed E-state index contributed by atoms with van der Waals surface area (Å²) < 4.78 is 0. The normalized spacial score (nSPS) is 33.7. The summed E-state index contributed by atoms with van der Waals surface area (Å²) >= 11 is 1.53. The molecule has 4 bridgehead atoms. The van der Waals surface area contributed by atoms with E-state index in [0.29, 0.717) is 30.7 Å². The lowest BCUT2D eigenvalue weighted by molar-refractivity contribution is -0.141. The van der Waals surface area contributed by atoms with Gasteiger partial charge in [-0.2, -0.15) is 0 Å². The SMILES string of the molecule is Cc1ccc(C(=O)CCC(=O)N(C)C2C3CC4CC(C3)CC2C4)s1. The first-order valence-corrected chi connectivity index (χ1v) is 10.2. The smallest absolute Gasteiger partial charge is 0.223 e. The molecule has 0 unspecified atom stereocenters. The molecule has 4 heteroatoms. The van der Waals surface area contributed by atoms with Gasteiger partial charge in [0.15, 0.2) is 5.78 Å². The molecule has 1 aromatic heterocycles. The Hall–Kier alpha value is -1.16. The second-order valence-corrected chi connectivity index (χ2v) is 9.55. The fourth-order valence-corrected chi connectivity index (χ4v) is 6.63. The molecule has 130 valence electrons. The van der Waals surface area contributed by atoms with Crippen molar-refractivity contribution in [1.82, 2.24) is 4.90 Å². The van der Waals surface area contributed by atoms with Crippen LogP contribution in [0.3, 0.4) is 0 Å². The third-order valence-corrected chi connectivity index (χ3v) is 7.64. The van der Waals surface area contributed by atoms with Crippen molar-refractivity contribution >= 4 is 23.0 Å². The quantitative estimate of drug-likeness (QED) is 0.746. The molecule has 0 atom stereocenters. The van der Waals surface area contributed by atoms with Crippen molar-refractivity contribution in [2.24, 2.45) is 23.7 Å². The molecule has 4 fully saturated rings. The summed E-state index contributed by atoms with van der Waals surface area (Å²) in [6, 6.07) is 4.29. The first-order valence-electron chi connectivity index (χ1n) is 9.36. The van der Waals surface area contributed by atoms with Crippen LogP contribution < -0.4 is 0 Å². The molecule has 24 heavy (non-hydrogen) atoms. The van der Waals surface area contributed by atoms with Crippen molar-refractivity contribution in [2.75, 3.05) is 7.05 Å². The standard InChI is InChI=1S/C20H27NO2S/c1-12-3-5-18(24-12)17(22)4-6-19(23)21(2)20-15-8-13-7-14(10-15)11-16(20)9-13/h3,5,13-16,20H,4,6-11H2,1-2H3. The second kappa shape index (κ2) is 6.29. The third kappa shape index (κ3) is 2.94. The van der Waals surface area contributed by atoms with Crippen LogP contribution in [0.15, 0.2) is 12.1 Å². The number of rotatable bonds is 5. The molecule has 0 radical (unpaired) electrons. The Balaban J connectivity index is 1.35. The zero-order valence-corrected chi connectivity index (χ0v) is 15.5. The van der Waals surface area contributed by atoms with Gasteiger partial charge in [0.05, 0.1) is 4.88 Å². The van der Waals surface area contributed by atoms with Gasteiger partial charge in [-0.1, -0.05) is 0 Å². The Morgan fingerprint density at radius 2 is 1.67 bits per heavy atom.